The third kappa shape index (κ3) is 7.24. The number of thioether (sulfide) groups is 1. The number of nitrogens with one attached hydrogen (secondary N) is 2. The van der Waals surface area contributed by atoms with Crippen molar-refractivity contribution in [1.29, 1.82) is 0 Å². The normalized spacial score (nSPS) is 10.8. The maximum absolute atomic E-state index is 12.2. The standard InChI is InChI=1S/C30H32Cl2N4O3S/c1-4-36-28(21-12-16-23(39-3)17-13-21)27(20-10-14-22(38-2)15-11-20)35-30(36)40-19-6-5-18-33-29(37)34-25-9-7-8-24(31)26(25)32/h7-17H,4-6,18-19H2,1-3H3,(H2,33,34,37). The molecule has 1 heterocycles. The monoisotopic (exact) mass is 598 g/mol. The van der Waals surface area contributed by atoms with Gasteiger partial charge in [-0.25, -0.2) is 9.78 Å². The van der Waals surface area contributed by atoms with Gasteiger partial charge >= 0.3 is 6.03 Å². The van der Waals surface area contributed by atoms with E-state index in [1.165, 1.54) is 0 Å². The molecule has 2 amide bonds. The van der Waals surface area contributed by atoms with Crippen molar-refractivity contribution < 1.29 is 14.3 Å². The molecule has 0 aliphatic rings. The van der Waals surface area contributed by atoms with Crippen LogP contribution >= 0.6 is 35.0 Å². The van der Waals surface area contributed by atoms with E-state index in [1.807, 2.05) is 36.4 Å². The summed E-state index contributed by atoms with van der Waals surface area (Å²) in [5.74, 6) is 2.48. The molecule has 0 spiro atoms. The highest BCUT2D eigenvalue weighted by atomic mass is 35.5. The van der Waals surface area contributed by atoms with Gasteiger partial charge in [0.2, 0.25) is 0 Å². The Labute approximate surface area is 249 Å². The van der Waals surface area contributed by atoms with E-state index in [0.29, 0.717) is 22.3 Å². The number of ether oxygens (including phenoxy) is 2. The lowest BCUT2D eigenvalue weighted by Gasteiger charge is -2.12. The number of carbonyl (C=O) groups excluding carboxylic acids is 1. The lowest BCUT2D eigenvalue weighted by Crippen LogP contribution is -2.29. The van der Waals surface area contributed by atoms with E-state index in [4.69, 9.17) is 37.7 Å². The zero-order chi connectivity index (χ0) is 28.5. The summed E-state index contributed by atoms with van der Waals surface area (Å²) in [6.07, 6.45) is 1.74. The van der Waals surface area contributed by atoms with Gasteiger partial charge in [-0.15, -0.1) is 0 Å². The van der Waals surface area contributed by atoms with E-state index in [2.05, 4.69) is 34.3 Å². The summed E-state index contributed by atoms with van der Waals surface area (Å²) < 4.78 is 13.0. The Balaban J connectivity index is 1.41. The molecule has 3 aromatic carbocycles. The fourth-order valence-electron chi connectivity index (χ4n) is 4.19. The van der Waals surface area contributed by atoms with E-state index in [1.54, 1.807) is 44.2 Å². The van der Waals surface area contributed by atoms with Gasteiger partial charge in [-0.2, -0.15) is 0 Å². The van der Waals surface area contributed by atoms with Crippen LogP contribution < -0.4 is 20.1 Å². The van der Waals surface area contributed by atoms with Crippen LogP contribution in [0.2, 0.25) is 10.0 Å². The molecule has 0 radical (unpaired) electrons. The minimum absolute atomic E-state index is 0.313. The quantitative estimate of drug-likeness (QED) is 0.127. The summed E-state index contributed by atoms with van der Waals surface area (Å²) in [6.45, 7) is 3.45. The summed E-state index contributed by atoms with van der Waals surface area (Å²) in [6, 6.07) is 20.9. The van der Waals surface area contributed by atoms with Gasteiger partial charge in [0, 0.05) is 30.0 Å². The van der Waals surface area contributed by atoms with Crippen molar-refractivity contribution in [2.75, 3.05) is 31.8 Å². The van der Waals surface area contributed by atoms with Gasteiger partial charge in [-0.05, 0) is 80.4 Å². The Bertz CT molecular complexity index is 1430. The number of methoxy groups -OCH3 is 2. The highest BCUT2D eigenvalue weighted by Crippen LogP contribution is 2.37. The van der Waals surface area contributed by atoms with Crippen LogP contribution in [0.3, 0.4) is 0 Å². The largest absolute Gasteiger partial charge is 0.497 e. The lowest BCUT2D eigenvalue weighted by molar-refractivity contribution is 0.252. The molecule has 4 rings (SSSR count). The first kappa shape index (κ1) is 29.6. The van der Waals surface area contributed by atoms with Crippen molar-refractivity contribution in [2.24, 2.45) is 0 Å². The Morgan fingerprint density at radius 1 is 0.925 bits per heavy atom. The SMILES string of the molecule is CCn1c(SCCCCNC(=O)Nc2cccc(Cl)c2Cl)nc(-c2ccc(OC)cc2)c1-c1ccc(OC)cc1. The molecule has 40 heavy (non-hydrogen) atoms. The van der Waals surface area contributed by atoms with Crippen LogP contribution in [0.25, 0.3) is 22.5 Å². The van der Waals surface area contributed by atoms with Gasteiger partial charge in [0.25, 0.3) is 0 Å². The molecule has 0 fully saturated rings. The second kappa shape index (κ2) is 14.3. The Morgan fingerprint density at radius 3 is 2.20 bits per heavy atom. The molecule has 0 bridgehead atoms. The Morgan fingerprint density at radius 2 is 1.57 bits per heavy atom. The minimum atomic E-state index is -0.313. The average molecular weight is 600 g/mol. The van der Waals surface area contributed by atoms with E-state index in [9.17, 15) is 4.79 Å². The van der Waals surface area contributed by atoms with Crippen molar-refractivity contribution in [3.63, 3.8) is 0 Å². The molecule has 210 valence electrons. The summed E-state index contributed by atoms with van der Waals surface area (Å²) >= 11 is 13.9. The molecule has 2 N–H and O–H groups in total. The number of halogens is 2. The molecular weight excluding hydrogens is 567 g/mol. The third-order valence-corrected chi connectivity index (χ3v) is 8.14. The van der Waals surface area contributed by atoms with Gasteiger partial charge in [0.05, 0.1) is 41.3 Å². The van der Waals surface area contributed by atoms with Gasteiger partial charge in [-0.3, -0.25) is 0 Å². The molecule has 7 nitrogen and oxygen atoms in total. The number of anilines is 1. The highest BCUT2D eigenvalue weighted by molar-refractivity contribution is 7.99. The number of amides is 2. The number of aromatic nitrogens is 2. The third-order valence-electron chi connectivity index (χ3n) is 6.26. The predicted octanol–water partition coefficient (Wildman–Crippen LogP) is 8.26. The zero-order valence-corrected chi connectivity index (χ0v) is 25.0. The minimum Gasteiger partial charge on any atom is -0.497 e. The molecule has 0 aliphatic carbocycles. The summed E-state index contributed by atoms with van der Waals surface area (Å²) in [4.78, 5) is 17.3. The molecule has 0 unspecified atom stereocenters. The van der Waals surface area contributed by atoms with E-state index >= 15 is 0 Å². The van der Waals surface area contributed by atoms with Gasteiger partial charge < -0.3 is 24.7 Å². The van der Waals surface area contributed by atoms with Crippen LogP contribution in [0.15, 0.2) is 71.9 Å². The van der Waals surface area contributed by atoms with Crippen molar-refractivity contribution in [1.82, 2.24) is 14.9 Å². The smallest absolute Gasteiger partial charge is 0.319 e. The van der Waals surface area contributed by atoms with Crippen LogP contribution in [-0.4, -0.2) is 42.1 Å². The summed E-state index contributed by atoms with van der Waals surface area (Å²) in [5.41, 5.74) is 4.57. The van der Waals surface area contributed by atoms with Crippen LogP contribution in [0, 0.1) is 0 Å². The maximum Gasteiger partial charge on any atom is 0.319 e. The topological polar surface area (TPSA) is 77.4 Å². The lowest BCUT2D eigenvalue weighted by atomic mass is 10.0. The number of hydrogen-bond acceptors (Lipinski definition) is 5. The fraction of sp³-hybridized carbons (Fsp3) is 0.267. The predicted molar refractivity (Wildman–Crippen MR) is 165 cm³/mol. The summed E-state index contributed by atoms with van der Waals surface area (Å²) in [7, 11) is 3.33. The van der Waals surface area contributed by atoms with Crippen LogP contribution in [-0.2, 0) is 6.54 Å². The van der Waals surface area contributed by atoms with Gasteiger partial charge in [-0.1, -0.05) is 41.0 Å². The number of hydrogen-bond donors (Lipinski definition) is 2. The van der Waals surface area contributed by atoms with E-state index in [0.717, 1.165) is 64.3 Å². The molecule has 0 atom stereocenters. The second-order valence-corrected chi connectivity index (χ2v) is 10.7. The molecule has 4 aromatic rings. The average Bonchev–Trinajstić information content (AvgIpc) is 3.35. The van der Waals surface area contributed by atoms with Gasteiger partial charge in [0.15, 0.2) is 5.16 Å². The summed E-state index contributed by atoms with van der Waals surface area (Å²) in [5, 5.41) is 7.29. The molecule has 0 saturated heterocycles. The van der Waals surface area contributed by atoms with E-state index in [-0.39, 0.29) is 6.03 Å². The molecular formula is C30H32Cl2N4O3S. The number of rotatable bonds is 12. The van der Waals surface area contributed by atoms with Crippen molar-refractivity contribution in [2.45, 2.75) is 31.5 Å². The number of imidazole rings is 1. The van der Waals surface area contributed by atoms with Crippen LogP contribution in [0.1, 0.15) is 19.8 Å². The first-order chi connectivity index (χ1) is 19.4. The molecule has 1 aromatic heterocycles. The Kier molecular flexibility index (Phi) is 10.6. The number of nitrogens with zero attached hydrogens (tertiary/aromatic N) is 2. The molecule has 10 heteroatoms. The molecule has 0 aliphatic heterocycles. The van der Waals surface area contributed by atoms with Gasteiger partial charge in [0.1, 0.15) is 11.5 Å². The number of unbranched alkanes of at least 4 members (excludes halogenated alkanes) is 1. The highest BCUT2D eigenvalue weighted by Gasteiger charge is 2.20. The Hall–Kier alpha value is -3.33. The van der Waals surface area contributed by atoms with Crippen LogP contribution in [0.4, 0.5) is 10.5 Å². The van der Waals surface area contributed by atoms with Crippen molar-refractivity contribution in [3.8, 4) is 34.0 Å². The second-order valence-electron chi connectivity index (χ2n) is 8.83. The number of benzene rings is 3. The van der Waals surface area contributed by atoms with Crippen molar-refractivity contribution in [3.05, 3.63) is 76.8 Å². The zero-order valence-electron chi connectivity index (χ0n) is 22.7. The first-order valence-corrected chi connectivity index (χ1v) is 14.7. The van der Waals surface area contributed by atoms with Crippen LogP contribution in [0.5, 0.6) is 11.5 Å². The number of carbonyl (C=O) groups is 1. The van der Waals surface area contributed by atoms with E-state index < -0.39 is 0 Å². The molecule has 0 saturated carbocycles. The maximum atomic E-state index is 12.2. The fourth-order valence-corrected chi connectivity index (χ4v) is 5.60. The number of urea groups is 1. The first-order valence-electron chi connectivity index (χ1n) is 13.0. The van der Waals surface area contributed by atoms with Crippen molar-refractivity contribution >= 4 is 46.7 Å².